The van der Waals surface area contributed by atoms with Crippen LogP contribution in [-0.4, -0.2) is 45.0 Å². The van der Waals surface area contributed by atoms with E-state index in [1.54, 1.807) is 0 Å². The molecule has 0 bridgehead atoms. The summed E-state index contributed by atoms with van der Waals surface area (Å²) >= 11 is 0. The van der Waals surface area contributed by atoms with E-state index in [9.17, 15) is 9.90 Å². The van der Waals surface area contributed by atoms with Gasteiger partial charge in [0.2, 0.25) is 0 Å². The van der Waals surface area contributed by atoms with Crippen LogP contribution in [0.4, 0.5) is 0 Å². The molecule has 1 aliphatic heterocycles. The summed E-state index contributed by atoms with van der Waals surface area (Å²) in [5.74, 6) is -1.34. The maximum absolute atomic E-state index is 11.6. The maximum Gasteiger partial charge on any atom is 0.303 e. The third-order valence-corrected chi connectivity index (χ3v) is 11.5. The van der Waals surface area contributed by atoms with Gasteiger partial charge in [0, 0.05) is 24.9 Å². The van der Waals surface area contributed by atoms with Gasteiger partial charge in [-0.1, -0.05) is 46.8 Å². The zero-order chi connectivity index (χ0) is 22.0. The molecule has 1 saturated heterocycles. The molecular weight excluding hydrogens is 384 g/mol. The Morgan fingerprint density at radius 1 is 1.14 bits per heavy atom. The van der Waals surface area contributed by atoms with E-state index in [2.05, 4.69) is 59.9 Å². The first-order valence-electron chi connectivity index (χ1n) is 11.0. The van der Waals surface area contributed by atoms with Crippen LogP contribution in [0.2, 0.25) is 18.1 Å². The van der Waals surface area contributed by atoms with E-state index in [0.717, 1.165) is 32.3 Å². The van der Waals surface area contributed by atoms with Crippen molar-refractivity contribution in [2.75, 3.05) is 19.8 Å². The highest BCUT2D eigenvalue weighted by molar-refractivity contribution is 6.74. The summed E-state index contributed by atoms with van der Waals surface area (Å²) in [4.78, 5) is 11.6. The minimum Gasteiger partial charge on any atom is -0.481 e. The van der Waals surface area contributed by atoms with Gasteiger partial charge < -0.3 is 19.0 Å². The van der Waals surface area contributed by atoms with Gasteiger partial charge in [0.15, 0.2) is 14.1 Å². The molecule has 1 atom stereocenters. The molecule has 0 amide bonds. The van der Waals surface area contributed by atoms with Crippen LogP contribution in [0, 0.1) is 10.8 Å². The zero-order valence-corrected chi connectivity index (χ0v) is 20.6. The largest absolute Gasteiger partial charge is 0.481 e. The van der Waals surface area contributed by atoms with Crippen molar-refractivity contribution in [2.45, 2.75) is 97.1 Å². The van der Waals surface area contributed by atoms with Crippen LogP contribution in [0.5, 0.6) is 0 Å². The molecule has 1 spiro atoms. The summed E-state index contributed by atoms with van der Waals surface area (Å²) in [6.45, 7) is 17.6. The fourth-order valence-electron chi connectivity index (χ4n) is 3.96. The second kappa shape index (κ2) is 8.81. The van der Waals surface area contributed by atoms with Crippen molar-refractivity contribution in [1.82, 2.24) is 0 Å². The molecule has 0 aromatic carbocycles. The van der Waals surface area contributed by atoms with Gasteiger partial charge in [-0.05, 0) is 42.8 Å². The fourth-order valence-corrected chi connectivity index (χ4v) is 5.02. The number of ether oxygens (including phenoxy) is 2. The number of carboxylic acids is 1. The number of hydrogen-bond acceptors (Lipinski definition) is 4. The van der Waals surface area contributed by atoms with E-state index in [-0.39, 0.29) is 22.3 Å². The molecule has 29 heavy (non-hydrogen) atoms. The van der Waals surface area contributed by atoms with E-state index in [0.29, 0.717) is 19.6 Å². The molecule has 0 radical (unpaired) electrons. The quantitative estimate of drug-likeness (QED) is 0.304. The maximum atomic E-state index is 11.6. The summed E-state index contributed by atoms with van der Waals surface area (Å²) in [5, 5.41) is 9.71. The molecule has 2 fully saturated rings. The highest BCUT2D eigenvalue weighted by Crippen LogP contribution is 2.53. The molecule has 1 unspecified atom stereocenters. The van der Waals surface area contributed by atoms with Crippen LogP contribution in [0.1, 0.15) is 73.1 Å². The summed E-state index contributed by atoms with van der Waals surface area (Å²) in [6, 6.07) is 0. The molecule has 0 aromatic rings. The number of aliphatic carboxylic acids is 1. The zero-order valence-electron chi connectivity index (χ0n) is 19.6. The normalized spacial score (nSPS) is 27.0. The van der Waals surface area contributed by atoms with Gasteiger partial charge in [0.1, 0.15) is 0 Å². The van der Waals surface area contributed by atoms with Crippen molar-refractivity contribution in [1.29, 1.82) is 0 Å². The van der Waals surface area contributed by atoms with Crippen LogP contribution >= 0.6 is 0 Å². The Bertz CT molecular complexity index is 595. The minimum atomic E-state index is -1.71. The van der Waals surface area contributed by atoms with Crippen LogP contribution in [0.25, 0.3) is 0 Å². The topological polar surface area (TPSA) is 65.0 Å². The van der Waals surface area contributed by atoms with Crippen LogP contribution in [-0.2, 0) is 18.7 Å². The first-order valence-corrected chi connectivity index (χ1v) is 13.9. The van der Waals surface area contributed by atoms with Gasteiger partial charge in [0.25, 0.3) is 0 Å². The first kappa shape index (κ1) is 24.6. The molecule has 2 rings (SSSR count). The van der Waals surface area contributed by atoms with Crippen molar-refractivity contribution >= 4 is 14.3 Å². The molecule has 1 aliphatic carbocycles. The Hall–Kier alpha value is -0.693. The van der Waals surface area contributed by atoms with Crippen molar-refractivity contribution in [2.24, 2.45) is 10.8 Å². The third-order valence-electron chi connectivity index (χ3n) is 6.93. The van der Waals surface area contributed by atoms with Crippen molar-refractivity contribution in [3.63, 3.8) is 0 Å². The van der Waals surface area contributed by atoms with Gasteiger partial charge >= 0.3 is 5.97 Å². The summed E-state index contributed by atoms with van der Waals surface area (Å²) in [5.41, 5.74) is -0.266. The number of allylic oxidation sites excluding steroid dienone is 1. The molecule has 1 heterocycles. The van der Waals surface area contributed by atoms with Gasteiger partial charge in [-0.15, -0.1) is 0 Å². The van der Waals surface area contributed by atoms with E-state index in [1.807, 2.05) is 0 Å². The Morgan fingerprint density at radius 2 is 1.76 bits per heavy atom. The van der Waals surface area contributed by atoms with Crippen molar-refractivity contribution in [3.05, 3.63) is 12.2 Å². The average Bonchev–Trinajstić information content (AvgIpc) is 2.91. The summed E-state index contributed by atoms with van der Waals surface area (Å²) in [7, 11) is -1.71. The van der Waals surface area contributed by atoms with E-state index in [4.69, 9.17) is 13.9 Å². The summed E-state index contributed by atoms with van der Waals surface area (Å²) < 4.78 is 18.5. The molecule has 5 nitrogen and oxygen atoms in total. The SMILES string of the molecule is CC1(C)COC2(CCC(C/C=C\CCO[Si](C)(C)C(C)(C)C)(CC(=O)O)C2)OC1. The predicted molar refractivity (Wildman–Crippen MR) is 118 cm³/mol. The first-order chi connectivity index (χ1) is 13.2. The lowest BCUT2D eigenvalue weighted by Gasteiger charge is -2.42. The van der Waals surface area contributed by atoms with Crippen LogP contribution in [0.15, 0.2) is 12.2 Å². The summed E-state index contributed by atoms with van der Waals surface area (Å²) in [6.07, 6.45) is 8.32. The second-order valence-electron chi connectivity index (χ2n) is 11.5. The molecular formula is C23H42O5Si. The monoisotopic (exact) mass is 426 g/mol. The number of hydrogen-bond donors (Lipinski definition) is 1. The second-order valence-corrected chi connectivity index (χ2v) is 16.3. The van der Waals surface area contributed by atoms with E-state index >= 15 is 0 Å². The lowest BCUT2D eigenvalue weighted by molar-refractivity contribution is -0.298. The molecule has 0 aromatic heterocycles. The Balaban J connectivity index is 1.90. The lowest BCUT2D eigenvalue weighted by Crippen LogP contribution is -2.46. The number of carbonyl (C=O) groups is 1. The predicted octanol–water partition coefficient (Wildman–Crippen LogP) is 5.76. The highest BCUT2D eigenvalue weighted by atomic mass is 28.4. The van der Waals surface area contributed by atoms with Gasteiger partial charge in [0.05, 0.1) is 19.6 Å². The third kappa shape index (κ3) is 6.64. The number of carboxylic acid groups (broad SMARTS) is 1. The number of rotatable bonds is 8. The van der Waals surface area contributed by atoms with Crippen LogP contribution < -0.4 is 0 Å². The standard InChI is InChI=1S/C23H42O5Si/c1-20(2,3)29(6,7)28-14-10-8-9-11-22(15-19(24)25)12-13-23(16-22)26-17-21(4,5)18-27-23/h8-9H,10-18H2,1-7H3,(H,24,25)/b9-8-. The molecule has 6 heteroatoms. The smallest absolute Gasteiger partial charge is 0.303 e. The minimum absolute atomic E-state index is 0.0212. The Labute approximate surface area is 178 Å². The van der Waals surface area contributed by atoms with Gasteiger partial charge in [-0.3, -0.25) is 4.79 Å². The fraction of sp³-hybridized carbons (Fsp3) is 0.870. The molecule has 1 saturated carbocycles. The molecule has 168 valence electrons. The highest BCUT2D eigenvalue weighted by Gasteiger charge is 2.53. The Kier molecular flexibility index (Phi) is 7.47. The van der Waals surface area contributed by atoms with Gasteiger partial charge in [-0.2, -0.15) is 0 Å². The molecule has 1 N–H and O–H groups in total. The lowest BCUT2D eigenvalue weighted by atomic mass is 9.79. The molecule has 2 aliphatic rings. The van der Waals surface area contributed by atoms with Gasteiger partial charge in [-0.25, -0.2) is 0 Å². The average molecular weight is 427 g/mol. The van der Waals surface area contributed by atoms with E-state index < -0.39 is 20.1 Å². The Morgan fingerprint density at radius 3 is 2.31 bits per heavy atom. The van der Waals surface area contributed by atoms with E-state index in [1.165, 1.54) is 0 Å². The van der Waals surface area contributed by atoms with Crippen molar-refractivity contribution in [3.8, 4) is 0 Å². The van der Waals surface area contributed by atoms with Crippen LogP contribution in [0.3, 0.4) is 0 Å². The van der Waals surface area contributed by atoms with Crippen molar-refractivity contribution < 1.29 is 23.8 Å².